The minimum absolute atomic E-state index is 0.0329. The van der Waals surface area contributed by atoms with Crippen LogP contribution in [0.25, 0.3) is 0 Å². The van der Waals surface area contributed by atoms with Crippen molar-refractivity contribution < 1.29 is 18.6 Å². The summed E-state index contributed by atoms with van der Waals surface area (Å²) in [5.41, 5.74) is 0.0515. The second-order valence-corrected chi connectivity index (χ2v) is 4.60. The van der Waals surface area contributed by atoms with Crippen molar-refractivity contribution in [2.75, 3.05) is 0 Å². The predicted octanol–water partition coefficient (Wildman–Crippen LogP) is 2.87. The average Bonchev–Trinajstić information content (AvgIpc) is 2.71. The van der Waals surface area contributed by atoms with Crippen molar-refractivity contribution in [1.29, 1.82) is 0 Å². The molecule has 0 bridgehead atoms. The average molecular weight is 242 g/mol. The van der Waals surface area contributed by atoms with E-state index in [1.165, 1.54) is 12.1 Å². The van der Waals surface area contributed by atoms with Crippen LogP contribution < -0.4 is 0 Å². The van der Waals surface area contributed by atoms with Crippen LogP contribution in [-0.2, 0) is 4.74 Å². The van der Waals surface area contributed by atoms with Crippen LogP contribution in [0.5, 0.6) is 0 Å². The normalized spacial score (nSPS) is 26.2. The van der Waals surface area contributed by atoms with Gasteiger partial charge < -0.3 is 9.84 Å². The first-order valence-corrected chi connectivity index (χ1v) is 5.78. The summed E-state index contributed by atoms with van der Waals surface area (Å²) in [5, 5.41) is 10.0. The first kappa shape index (κ1) is 12.5. The van der Waals surface area contributed by atoms with Gasteiger partial charge in [0.2, 0.25) is 0 Å². The maximum Gasteiger partial charge on any atom is 0.134 e. The Kier molecular flexibility index (Phi) is 3.45. The van der Waals surface area contributed by atoms with Crippen molar-refractivity contribution in [2.24, 2.45) is 0 Å². The zero-order chi connectivity index (χ0) is 12.6. The van der Waals surface area contributed by atoms with Crippen molar-refractivity contribution in [3.05, 3.63) is 34.9 Å². The van der Waals surface area contributed by atoms with Gasteiger partial charge in [0.05, 0.1) is 17.8 Å². The van der Waals surface area contributed by atoms with Gasteiger partial charge in [0.25, 0.3) is 0 Å². The zero-order valence-electron chi connectivity index (χ0n) is 9.91. The van der Waals surface area contributed by atoms with Gasteiger partial charge in [-0.2, -0.15) is 0 Å². The molecule has 0 aliphatic carbocycles. The summed E-state index contributed by atoms with van der Waals surface area (Å²) in [6.45, 7) is 3.43. The number of halogens is 2. The summed E-state index contributed by atoms with van der Waals surface area (Å²) in [4.78, 5) is 0. The molecule has 17 heavy (non-hydrogen) atoms. The molecule has 1 aliphatic heterocycles. The quantitative estimate of drug-likeness (QED) is 0.864. The molecule has 2 nitrogen and oxygen atoms in total. The third-order valence-corrected chi connectivity index (χ3v) is 3.23. The van der Waals surface area contributed by atoms with Crippen molar-refractivity contribution >= 4 is 0 Å². The highest BCUT2D eigenvalue weighted by molar-refractivity contribution is 5.29. The lowest BCUT2D eigenvalue weighted by Gasteiger charge is -2.20. The maximum atomic E-state index is 13.8. The number of aryl methyl sites for hydroxylation is 1. The second-order valence-electron chi connectivity index (χ2n) is 4.60. The Labute approximate surface area is 99.2 Å². The Bertz CT molecular complexity index is 420. The lowest BCUT2D eigenvalue weighted by Crippen LogP contribution is -2.21. The van der Waals surface area contributed by atoms with Gasteiger partial charge in [-0.25, -0.2) is 8.78 Å². The summed E-state index contributed by atoms with van der Waals surface area (Å²) in [6, 6.07) is 2.54. The van der Waals surface area contributed by atoms with Crippen LogP contribution in [0, 0.1) is 18.6 Å². The molecule has 1 N–H and O–H groups in total. The SMILES string of the molecule is Cc1ccc(F)c(C(O)C2CCC(C)O2)c1F. The number of rotatable bonds is 2. The smallest absolute Gasteiger partial charge is 0.134 e. The molecule has 2 rings (SSSR count). The Morgan fingerprint density at radius 1 is 1.35 bits per heavy atom. The number of benzene rings is 1. The van der Waals surface area contributed by atoms with E-state index in [2.05, 4.69) is 0 Å². The fraction of sp³-hybridized carbons (Fsp3) is 0.538. The molecule has 1 aromatic carbocycles. The van der Waals surface area contributed by atoms with Gasteiger partial charge in [-0.05, 0) is 38.3 Å². The molecule has 0 radical (unpaired) electrons. The summed E-state index contributed by atoms with van der Waals surface area (Å²) < 4.78 is 32.8. The molecule has 0 saturated carbocycles. The van der Waals surface area contributed by atoms with Crippen LogP contribution in [0.2, 0.25) is 0 Å². The van der Waals surface area contributed by atoms with Crippen molar-refractivity contribution in [3.63, 3.8) is 0 Å². The van der Waals surface area contributed by atoms with Crippen molar-refractivity contribution in [3.8, 4) is 0 Å². The van der Waals surface area contributed by atoms with E-state index < -0.39 is 23.8 Å². The summed E-state index contributed by atoms with van der Waals surface area (Å²) in [5.74, 6) is -1.40. The van der Waals surface area contributed by atoms with Gasteiger partial charge in [0, 0.05) is 0 Å². The Balaban J connectivity index is 2.30. The first-order valence-electron chi connectivity index (χ1n) is 5.78. The highest BCUT2D eigenvalue weighted by Crippen LogP contribution is 2.33. The molecule has 1 aromatic rings. The standard InChI is InChI=1S/C13H16F2O2/c1-7-3-5-9(14)11(12(7)15)13(16)10-6-4-8(2)17-10/h3,5,8,10,13,16H,4,6H2,1-2H3. The molecule has 1 aliphatic rings. The Hall–Kier alpha value is -1.00. The molecule has 0 aromatic heterocycles. The van der Waals surface area contributed by atoms with Crippen LogP contribution in [-0.4, -0.2) is 17.3 Å². The molecular weight excluding hydrogens is 226 g/mol. The zero-order valence-corrected chi connectivity index (χ0v) is 9.91. The highest BCUT2D eigenvalue weighted by atomic mass is 19.1. The van der Waals surface area contributed by atoms with Crippen molar-refractivity contribution in [2.45, 2.75) is 45.0 Å². The predicted molar refractivity (Wildman–Crippen MR) is 59.6 cm³/mol. The summed E-state index contributed by atoms with van der Waals surface area (Å²) in [7, 11) is 0. The van der Waals surface area contributed by atoms with E-state index in [1.54, 1.807) is 6.92 Å². The van der Waals surface area contributed by atoms with E-state index in [4.69, 9.17) is 4.74 Å². The van der Waals surface area contributed by atoms with E-state index in [9.17, 15) is 13.9 Å². The molecule has 3 atom stereocenters. The molecule has 4 heteroatoms. The lowest BCUT2D eigenvalue weighted by molar-refractivity contribution is -0.0325. The number of ether oxygens (including phenoxy) is 1. The van der Waals surface area contributed by atoms with Gasteiger partial charge in [0.1, 0.15) is 17.7 Å². The topological polar surface area (TPSA) is 29.5 Å². The molecule has 1 saturated heterocycles. The number of aliphatic hydroxyl groups is 1. The molecule has 1 heterocycles. The van der Waals surface area contributed by atoms with Crippen LogP contribution in [0.4, 0.5) is 8.78 Å². The first-order chi connectivity index (χ1) is 8.00. The van der Waals surface area contributed by atoms with Crippen LogP contribution in [0.1, 0.15) is 37.0 Å². The second kappa shape index (κ2) is 4.70. The molecule has 94 valence electrons. The van der Waals surface area contributed by atoms with Gasteiger partial charge in [-0.1, -0.05) is 6.07 Å². The monoisotopic (exact) mass is 242 g/mol. The van der Waals surface area contributed by atoms with Gasteiger partial charge in [-0.15, -0.1) is 0 Å². The fourth-order valence-corrected chi connectivity index (χ4v) is 2.20. The number of aliphatic hydroxyl groups excluding tert-OH is 1. The minimum atomic E-state index is -1.24. The minimum Gasteiger partial charge on any atom is -0.385 e. The molecular formula is C13H16F2O2. The van der Waals surface area contributed by atoms with E-state index in [0.29, 0.717) is 12.0 Å². The van der Waals surface area contributed by atoms with E-state index in [1.807, 2.05) is 6.92 Å². The summed E-state index contributed by atoms with van der Waals surface area (Å²) in [6.07, 6.45) is -0.299. The van der Waals surface area contributed by atoms with Crippen molar-refractivity contribution in [1.82, 2.24) is 0 Å². The molecule has 0 amide bonds. The van der Waals surface area contributed by atoms with Crippen LogP contribution >= 0.6 is 0 Å². The fourth-order valence-electron chi connectivity index (χ4n) is 2.20. The highest BCUT2D eigenvalue weighted by Gasteiger charge is 2.32. The Morgan fingerprint density at radius 2 is 2.06 bits per heavy atom. The van der Waals surface area contributed by atoms with E-state index >= 15 is 0 Å². The van der Waals surface area contributed by atoms with Gasteiger partial charge in [0.15, 0.2) is 0 Å². The number of hydrogen-bond donors (Lipinski definition) is 1. The van der Waals surface area contributed by atoms with Crippen LogP contribution in [0.15, 0.2) is 12.1 Å². The van der Waals surface area contributed by atoms with E-state index in [0.717, 1.165) is 6.42 Å². The summed E-state index contributed by atoms with van der Waals surface area (Å²) >= 11 is 0. The van der Waals surface area contributed by atoms with E-state index in [-0.39, 0.29) is 11.7 Å². The van der Waals surface area contributed by atoms with Gasteiger partial charge in [-0.3, -0.25) is 0 Å². The third-order valence-electron chi connectivity index (χ3n) is 3.23. The number of hydrogen-bond acceptors (Lipinski definition) is 2. The maximum absolute atomic E-state index is 13.8. The molecule has 1 fully saturated rings. The molecule has 0 spiro atoms. The van der Waals surface area contributed by atoms with Gasteiger partial charge >= 0.3 is 0 Å². The Morgan fingerprint density at radius 3 is 2.65 bits per heavy atom. The molecule has 3 unspecified atom stereocenters. The largest absolute Gasteiger partial charge is 0.385 e. The lowest BCUT2D eigenvalue weighted by atomic mass is 9.99. The third kappa shape index (κ3) is 2.33. The van der Waals surface area contributed by atoms with Crippen LogP contribution in [0.3, 0.4) is 0 Å².